The van der Waals surface area contributed by atoms with Crippen LogP contribution in [0.3, 0.4) is 0 Å². The number of aliphatic hydroxyl groups is 1. The number of nitrogens with zero attached hydrogens (tertiary/aromatic N) is 1. The second kappa shape index (κ2) is 11.1. The molecule has 0 aliphatic carbocycles. The topological polar surface area (TPSA) is 69.8 Å². The Kier molecular flexibility index (Phi) is 9.48. The fourth-order valence-electron chi connectivity index (χ4n) is 2.26. The molecule has 0 saturated heterocycles. The van der Waals surface area contributed by atoms with Gasteiger partial charge in [0.1, 0.15) is 5.76 Å². The maximum Gasteiger partial charge on any atom is 0.191 e. The van der Waals surface area contributed by atoms with Crippen molar-refractivity contribution in [1.29, 1.82) is 0 Å². The molecule has 3 N–H and O–H groups in total. The monoisotopic (exact) mass is 443 g/mol. The van der Waals surface area contributed by atoms with E-state index in [4.69, 9.17) is 4.42 Å². The van der Waals surface area contributed by atoms with Gasteiger partial charge in [0.15, 0.2) is 5.96 Å². The zero-order chi connectivity index (χ0) is 16.5. The first-order valence-corrected chi connectivity index (χ1v) is 7.98. The maximum absolute atomic E-state index is 10.3. The highest BCUT2D eigenvalue weighted by Gasteiger charge is 2.07. The van der Waals surface area contributed by atoms with Crippen molar-refractivity contribution in [3.8, 4) is 0 Å². The Morgan fingerprint density at radius 3 is 2.75 bits per heavy atom. The number of aryl methyl sites for hydroxylation is 1. The Bertz CT molecular complexity index is 614. The SMILES string of the molecule is CCNC(=NCC(O)c1cccc(C)c1)NCCc1ccco1.I. The number of guanidine groups is 1. The fraction of sp³-hybridized carbons (Fsp3) is 0.389. The van der Waals surface area contributed by atoms with Gasteiger partial charge in [-0.1, -0.05) is 29.8 Å². The number of rotatable bonds is 7. The molecule has 0 radical (unpaired) electrons. The normalized spacial score (nSPS) is 12.4. The molecule has 0 saturated carbocycles. The number of furan rings is 1. The van der Waals surface area contributed by atoms with Crippen molar-refractivity contribution in [1.82, 2.24) is 10.6 Å². The number of aliphatic hydroxyl groups excluding tert-OH is 1. The highest BCUT2D eigenvalue weighted by molar-refractivity contribution is 14.0. The van der Waals surface area contributed by atoms with Gasteiger partial charge in [-0.2, -0.15) is 0 Å². The van der Waals surface area contributed by atoms with E-state index in [9.17, 15) is 5.11 Å². The van der Waals surface area contributed by atoms with Gasteiger partial charge in [-0.25, -0.2) is 0 Å². The Morgan fingerprint density at radius 1 is 1.25 bits per heavy atom. The van der Waals surface area contributed by atoms with Crippen LogP contribution in [-0.4, -0.2) is 30.7 Å². The average molecular weight is 443 g/mol. The molecule has 0 aliphatic heterocycles. The van der Waals surface area contributed by atoms with Crippen LogP contribution in [0.4, 0.5) is 0 Å². The number of halogens is 1. The molecule has 1 atom stereocenters. The molecule has 6 heteroatoms. The van der Waals surface area contributed by atoms with Crippen LogP contribution in [0.2, 0.25) is 0 Å². The molecular weight excluding hydrogens is 417 g/mol. The second-order valence-corrected chi connectivity index (χ2v) is 5.41. The maximum atomic E-state index is 10.3. The molecule has 1 heterocycles. The van der Waals surface area contributed by atoms with Crippen molar-refractivity contribution < 1.29 is 9.52 Å². The lowest BCUT2D eigenvalue weighted by Gasteiger charge is -2.13. The number of nitrogens with one attached hydrogen (secondary N) is 2. The molecule has 0 bridgehead atoms. The van der Waals surface area contributed by atoms with Gasteiger partial charge in [-0.15, -0.1) is 24.0 Å². The molecule has 1 aromatic carbocycles. The van der Waals surface area contributed by atoms with Crippen molar-refractivity contribution in [2.24, 2.45) is 4.99 Å². The molecule has 1 aromatic heterocycles. The quantitative estimate of drug-likeness (QED) is 0.350. The smallest absolute Gasteiger partial charge is 0.191 e. The third-order valence-electron chi connectivity index (χ3n) is 3.44. The minimum Gasteiger partial charge on any atom is -0.469 e. The van der Waals surface area contributed by atoms with Gasteiger partial charge in [0, 0.05) is 19.5 Å². The summed E-state index contributed by atoms with van der Waals surface area (Å²) in [7, 11) is 0. The van der Waals surface area contributed by atoms with E-state index in [0.29, 0.717) is 12.5 Å². The molecule has 2 aromatic rings. The lowest BCUT2D eigenvalue weighted by Crippen LogP contribution is -2.38. The van der Waals surface area contributed by atoms with E-state index in [2.05, 4.69) is 15.6 Å². The number of hydrogen-bond donors (Lipinski definition) is 3. The van der Waals surface area contributed by atoms with Gasteiger partial charge >= 0.3 is 0 Å². The summed E-state index contributed by atoms with van der Waals surface area (Å²) in [5, 5.41) is 16.7. The van der Waals surface area contributed by atoms with E-state index in [1.54, 1.807) is 6.26 Å². The van der Waals surface area contributed by atoms with Gasteiger partial charge in [-0.05, 0) is 31.5 Å². The number of benzene rings is 1. The Hall–Kier alpha value is -1.54. The van der Waals surface area contributed by atoms with Gasteiger partial charge in [0.25, 0.3) is 0 Å². The summed E-state index contributed by atoms with van der Waals surface area (Å²) >= 11 is 0. The molecule has 1 unspecified atom stereocenters. The third-order valence-corrected chi connectivity index (χ3v) is 3.44. The minimum atomic E-state index is -0.601. The molecule has 2 rings (SSSR count). The van der Waals surface area contributed by atoms with Gasteiger partial charge in [-0.3, -0.25) is 4.99 Å². The van der Waals surface area contributed by atoms with Gasteiger partial charge < -0.3 is 20.2 Å². The summed E-state index contributed by atoms with van der Waals surface area (Å²) in [5.74, 6) is 1.64. The zero-order valence-electron chi connectivity index (χ0n) is 14.2. The highest BCUT2D eigenvalue weighted by Crippen LogP contribution is 2.14. The molecule has 24 heavy (non-hydrogen) atoms. The van der Waals surface area contributed by atoms with Crippen molar-refractivity contribution in [3.05, 3.63) is 59.5 Å². The number of aliphatic imine (C=N–C) groups is 1. The summed E-state index contributed by atoms with van der Waals surface area (Å²) in [6, 6.07) is 11.7. The zero-order valence-corrected chi connectivity index (χ0v) is 16.5. The van der Waals surface area contributed by atoms with Crippen LogP contribution in [0.25, 0.3) is 0 Å². The summed E-state index contributed by atoms with van der Waals surface area (Å²) in [6.45, 7) is 5.84. The van der Waals surface area contributed by atoms with Crippen LogP contribution >= 0.6 is 24.0 Å². The van der Waals surface area contributed by atoms with Crippen molar-refractivity contribution in [2.75, 3.05) is 19.6 Å². The van der Waals surface area contributed by atoms with Crippen LogP contribution in [-0.2, 0) is 6.42 Å². The third kappa shape index (κ3) is 6.92. The van der Waals surface area contributed by atoms with Gasteiger partial charge in [0.2, 0.25) is 0 Å². The Labute approximate surface area is 160 Å². The van der Waals surface area contributed by atoms with E-state index < -0.39 is 6.10 Å². The summed E-state index contributed by atoms with van der Waals surface area (Å²) < 4.78 is 5.30. The van der Waals surface area contributed by atoms with Crippen LogP contribution in [0.5, 0.6) is 0 Å². The molecule has 0 amide bonds. The molecule has 132 valence electrons. The first-order valence-electron chi connectivity index (χ1n) is 7.98. The van der Waals surface area contributed by atoms with Gasteiger partial charge in [0.05, 0.1) is 18.9 Å². The minimum absolute atomic E-state index is 0. The van der Waals surface area contributed by atoms with Crippen molar-refractivity contribution in [3.63, 3.8) is 0 Å². The van der Waals surface area contributed by atoms with E-state index in [-0.39, 0.29) is 24.0 Å². The lowest BCUT2D eigenvalue weighted by molar-refractivity contribution is 0.187. The first kappa shape index (κ1) is 20.5. The Balaban J connectivity index is 0.00000288. The van der Waals surface area contributed by atoms with Crippen molar-refractivity contribution >= 4 is 29.9 Å². The molecule has 0 spiro atoms. The summed E-state index contributed by atoms with van der Waals surface area (Å²) in [4.78, 5) is 4.45. The summed E-state index contributed by atoms with van der Waals surface area (Å²) in [5.41, 5.74) is 2.02. The van der Waals surface area contributed by atoms with Crippen LogP contribution in [0.1, 0.15) is 29.9 Å². The average Bonchev–Trinajstić information content (AvgIpc) is 3.05. The standard InChI is InChI=1S/C18H25N3O2.HI/c1-3-19-18(20-10-9-16-8-5-11-23-16)21-13-17(22)15-7-4-6-14(2)12-15;/h4-8,11-12,17,22H,3,9-10,13H2,1-2H3,(H2,19,20,21);1H. The van der Waals surface area contributed by atoms with Crippen LogP contribution in [0.15, 0.2) is 52.1 Å². The lowest BCUT2D eigenvalue weighted by atomic mass is 10.1. The van der Waals surface area contributed by atoms with Crippen molar-refractivity contribution in [2.45, 2.75) is 26.4 Å². The van der Waals surface area contributed by atoms with Crippen LogP contribution < -0.4 is 10.6 Å². The molecule has 5 nitrogen and oxygen atoms in total. The van der Waals surface area contributed by atoms with E-state index in [0.717, 1.165) is 36.4 Å². The highest BCUT2D eigenvalue weighted by atomic mass is 127. The first-order chi connectivity index (χ1) is 11.2. The van der Waals surface area contributed by atoms with Crippen LogP contribution in [0, 0.1) is 6.92 Å². The van der Waals surface area contributed by atoms with E-state index in [1.807, 2.05) is 50.2 Å². The molecular formula is C18H26IN3O2. The summed E-state index contributed by atoms with van der Waals surface area (Å²) in [6.07, 6.45) is 1.86. The second-order valence-electron chi connectivity index (χ2n) is 5.41. The largest absolute Gasteiger partial charge is 0.469 e. The van der Waals surface area contributed by atoms with E-state index in [1.165, 1.54) is 0 Å². The Morgan fingerprint density at radius 2 is 2.08 bits per heavy atom. The number of hydrogen-bond acceptors (Lipinski definition) is 3. The predicted molar refractivity (Wildman–Crippen MR) is 108 cm³/mol. The predicted octanol–water partition coefficient (Wildman–Crippen LogP) is 3.04. The molecule has 0 aliphatic rings. The van der Waals surface area contributed by atoms with E-state index >= 15 is 0 Å². The fourth-order valence-corrected chi connectivity index (χ4v) is 2.26. The molecule has 0 fully saturated rings.